The maximum absolute atomic E-state index is 12.6. The third kappa shape index (κ3) is 4.73. The molecule has 0 saturated carbocycles. The first kappa shape index (κ1) is 20.2. The predicted octanol–water partition coefficient (Wildman–Crippen LogP) is 3.74. The van der Waals surface area contributed by atoms with E-state index in [4.69, 9.17) is 0 Å². The van der Waals surface area contributed by atoms with E-state index in [0.717, 1.165) is 47.4 Å². The smallest absolute Gasteiger partial charge is 0.246 e. The van der Waals surface area contributed by atoms with Crippen molar-refractivity contribution in [3.8, 4) is 0 Å². The Kier molecular flexibility index (Phi) is 5.89. The van der Waals surface area contributed by atoms with Gasteiger partial charge in [0.25, 0.3) is 0 Å². The van der Waals surface area contributed by atoms with E-state index in [1.165, 1.54) is 4.88 Å². The second kappa shape index (κ2) is 8.74. The number of amides is 1. The molecule has 8 nitrogen and oxygen atoms in total. The highest BCUT2D eigenvalue weighted by molar-refractivity contribution is 7.15. The largest absolute Gasteiger partial charge is 0.345 e. The average molecular weight is 424 g/mol. The Bertz CT molecular complexity index is 1040. The number of H-pyrrole nitrogens is 1. The molecule has 1 fully saturated rings. The molecule has 4 rings (SSSR count). The highest BCUT2D eigenvalue weighted by atomic mass is 32.1. The van der Waals surface area contributed by atoms with Gasteiger partial charge in [-0.2, -0.15) is 0 Å². The van der Waals surface area contributed by atoms with E-state index >= 15 is 0 Å². The van der Waals surface area contributed by atoms with E-state index in [2.05, 4.69) is 37.2 Å². The summed E-state index contributed by atoms with van der Waals surface area (Å²) in [5.74, 6) is 1.65. The molecule has 0 unspecified atom stereocenters. The van der Waals surface area contributed by atoms with Crippen molar-refractivity contribution in [2.75, 3.05) is 18.4 Å². The number of aromatic nitrogens is 5. The minimum absolute atomic E-state index is 0.00663. The Morgan fingerprint density at radius 2 is 2.17 bits per heavy atom. The molecule has 2 N–H and O–H groups in total. The lowest BCUT2D eigenvalue weighted by atomic mass is 9.94. The summed E-state index contributed by atoms with van der Waals surface area (Å²) < 4.78 is 0. The number of hydrogen-bond donors (Lipinski definition) is 2. The molecule has 0 aromatic carbocycles. The number of hydrogen-bond acceptors (Lipinski definition) is 7. The third-order valence-electron chi connectivity index (χ3n) is 5.20. The number of aromatic amines is 1. The van der Waals surface area contributed by atoms with Crippen molar-refractivity contribution in [3.05, 3.63) is 52.4 Å². The van der Waals surface area contributed by atoms with Crippen molar-refractivity contribution in [2.45, 2.75) is 39.5 Å². The highest BCUT2D eigenvalue weighted by Gasteiger charge is 2.25. The van der Waals surface area contributed by atoms with Gasteiger partial charge in [0.15, 0.2) is 5.13 Å². The predicted molar refractivity (Wildman–Crippen MR) is 118 cm³/mol. The first-order valence-corrected chi connectivity index (χ1v) is 10.8. The van der Waals surface area contributed by atoms with E-state index in [1.54, 1.807) is 36.0 Å². The molecular weight excluding hydrogens is 398 g/mol. The van der Waals surface area contributed by atoms with Crippen LogP contribution in [0.15, 0.2) is 24.7 Å². The monoisotopic (exact) mass is 423 g/mol. The molecule has 1 atom stereocenters. The molecule has 0 radical (unpaired) electrons. The van der Waals surface area contributed by atoms with Crippen LogP contribution in [0.3, 0.4) is 0 Å². The summed E-state index contributed by atoms with van der Waals surface area (Å²) in [6.45, 7) is 7.37. The van der Waals surface area contributed by atoms with Gasteiger partial charge in [0.1, 0.15) is 11.6 Å². The zero-order chi connectivity index (χ0) is 21.1. The number of thiazole rings is 1. The standard InChI is InChI=1S/C21H25N7OS/c1-13-14(2)30-21(24-13)27-19-9-18(25-15(3)26-19)16-5-4-8-28(11-16)20(29)7-6-17-10-22-12-23-17/h6-7,9-10,12,16H,4-5,8,11H2,1-3H3,(H,22,23)(H,24,25,26,27)/b7-6+/t16-/m0/s1. The number of nitrogens with one attached hydrogen (secondary N) is 2. The molecule has 1 aliphatic heterocycles. The second-order valence-corrected chi connectivity index (χ2v) is 8.68. The summed E-state index contributed by atoms with van der Waals surface area (Å²) in [5.41, 5.74) is 2.80. The summed E-state index contributed by atoms with van der Waals surface area (Å²) in [4.78, 5) is 36.4. The van der Waals surface area contributed by atoms with Crippen LogP contribution in [0.25, 0.3) is 6.08 Å². The van der Waals surface area contributed by atoms with Crippen LogP contribution in [0.4, 0.5) is 10.9 Å². The van der Waals surface area contributed by atoms with E-state index < -0.39 is 0 Å². The SMILES string of the molecule is Cc1nc(Nc2nc(C)c(C)s2)cc([C@H]2CCCN(C(=O)/C=C/c3cnc[nH]3)C2)n1. The van der Waals surface area contributed by atoms with Gasteiger partial charge < -0.3 is 15.2 Å². The number of aryl methyl sites for hydroxylation is 3. The molecule has 9 heteroatoms. The summed E-state index contributed by atoms with van der Waals surface area (Å²) >= 11 is 1.61. The molecule has 0 spiro atoms. The number of imidazole rings is 1. The Morgan fingerprint density at radius 3 is 2.90 bits per heavy atom. The lowest BCUT2D eigenvalue weighted by molar-refractivity contribution is -0.127. The average Bonchev–Trinajstić information content (AvgIpc) is 3.35. The maximum atomic E-state index is 12.6. The van der Waals surface area contributed by atoms with Gasteiger partial charge in [0.05, 0.1) is 29.6 Å². The number of carbonyl (C=O) groups is 1. The number of likely N-dealkylation sites (tertiary alicyclic amines) is 1. The van der Waals surface area contributed by atoms with Crippen molar-refractivity contribution in [3.63, 3.8) is 0 Å². The van der Waals surface area contributed by atoms with Crippen LogP contribution < -0.4 is 5.32 Å². The van der Waals surface area contributed by atoms with Gasteiger partial charge in [-0.25, -0.2) is 19.9 Å². The van der Waals surface area contributed by atoms with Crippen molar-refractivity contribution in [1.82, 2.24) is 29.8 Å². The molecule has 1 saturated heterocycles. The van der Waals surface area contributed by atoms with Gasteiger partial charge >= 0.3 is 0 Å². The van der Waals surface area contributed by atoms with Crippen molar-refractivity contribution < 1.29 is 4.79 Å². The topological polar surface area (TPSA) is 99.7 Å². The third-order valence-corrected chi connectivity index (χ3v) is 6.19. The summed E-state index contributed by atoms with van der Waals surface area (Å²) in [6, 6.07) is 1.98. The minimum Gasteiger partial charge on any atom is -0.345 e. The van der Waals surface area contributed by atoms with Gasteiger partial charge in [0, 0.05) is 36.0 Å². The van der Waals surface area contributed by atoms with E-state index in [1.807, 2.05) is 24.8 Å². The number of rotatable bonds is 5. The quantitative estimate of drug-likeness (QED) is 0.607. The summed E-state index contributed by atoms with van der Waals surface area (Å²) in [6.07, 6.45) is 8.59. The maximum Gasteiger partial charge on any atom is 0.246 e. The number of carbonyl (C=O) groups excluding carboxylic acids is 1. The van der Waals surface area contributed by atoms with Crippen LogP contribution in [0.5, 0.6) is 0 Å². The van der Waals surface area contributed by atoms with Crippen LogP contribution in [0.2, 0.25) is 0 Å². The molecule has 1 aliphatic rings. The van der Waals surface area contributed by atoms with Gasteiger partial charge in [-0.05, 0) is 39.7 Å². The number of nitrogens with zero attached hydrogens (tertiary/aromatic N) is 5. The number of anilines is 2. The molecule has 156 valence electrons. The van der Waals surface area contributed by atoms with Crippen LogP contribution in [-0.4, -0.2) is 48.8 Å². The molecule has 30 heavy (non-hydrogen) atoms. The molecule has 3 aromatic rings. The lowest BCUT2D eigenvalue weighted by Gasteiger charge is -2.32. The Balaban J connectivity index is 1.47. The van der Waals surface area contributed by atoms with Crippen molar-refractivity contribution in [1.29, 1.82) is 0 Å². The van der Waals surface area contributed by atoms with Crippen molar-refractivity contribution >= 4 is 34.3 Å². The molecular formula is C21H25N7OS. The van der Waals surface area contributed by atoms with E-state index in [9.17, 15) is 4.79 Å². The van der Waals surface area contributed by atoms with Crippen LogP contribution in [0.1, 0.15) is 46.5 Å². The van der Waals surface area contributed by atoms with Crippen LogP contribution in [0, 0.1) is 20.8 Å². The Labute approximate surface area is 179 Å². The van der Waals surface area contributed by atoms with Crippen LogP contribution in [-0.2, 0) is 4.79 Å². The second-order valence-electron chi connectivity index (χ2n) is 7.47. The molecule has 1 amide bonds. The molecule has 0 aliphatic carbocycles. The highest BCUT2D eigenvalue weighted by Crippen LogP contribution is 2.29. The fraction of sp³-hybridized carbons (Fsp3) is 0.381. The van der Waals surface area contributed by atoms with Gasteiger partial charge in [-0.3, -0.25) is 4.79 Å². The molecule has 0 bridgehead atoms. The van der Waals surface area contributed by atoms with Crippen molar-refractivity contribution in [2.24, 2.45) is 0 Å². The fourth-order valence-electron chi connectivity index (χ4n) is 3.54. The zero-order valence-corrected chi connectivity index (χ0v) is 18.2. The Hall–Kier alpha value is -3.07. The minimum atomic E-state index is 0.00663. The molecule has 3 aromatic heterocycles. The normalized spacial score (nSPS) is 16.9. The molecule has 4 heterocycles. The first-order valence-electron chi connectivity index (χ1n) is 10.00. The zero-order valence-electron chi connectivity index (χ0n) is 17.3. The van der Waals surface area contributed by atoms with E-state index in [-0.39, 0.29) is 11.8 Å². The summed E-state index contributed by atoms with van der Waals surface area (Å²) in [7, 11) is 0. The number of piperidine rings is 1. The summed E-state index contributed by atoms with van der Waals surface area (Å²) in [5, 5.41) is 4.14. The first-order chi connectivity index (χ1) is 14.5. The van der Waals surface area contributed by atoms with E-state index in [0.29, 0.717) is 12.4 Å². The van der Waals surface area contributed by atoms with Gasteiger partial charge in [-0.1, -0.05) is 0 Å². The fourth-order valence-corrected chi connectivity index (χ4v) is 4.36. The lowest BCUT2D eigenvalue weighted by Crippen LogP contribution is -2.38. The Morgan fingerprint density at radius 1 is 1.30 bits per heavy atom. The van der Waals surface area contributed by atoms with Gasteiger partial charge in [0.2, 0.25) is 5.91 Å². The van der Waals surface area contributed by atoms with Crippen LogP contribution >= 0.6 is 11.3 Å². The van der Waals surface area contributed by atoms with Gasteiger partial charge in [-0.15, -0.1) is 11.3 Å².